The SMILES string of the molecule is COc1cc(Cl)cc(C=NNC(=O)c2ccc(COc3ccc(-n4c(C)ccc4C)cc3)o2)c1OCc1ccccc1F. The first-order valence-electron chi connectivity index (χ1n) is 13.4. The number of benzene rings is 3. The first kappa shape index (κ1) is 29.5. The monoisotopic (exact) mass is 601 g/mol. The topological polar surface area (TPSA) is 87.2 Å². The Morgan fingerprint density at radius 1 is 0.977 bits per heavy atom. The second-order valence-electron chi connectivity index (χ2n) is 9.61. The largest absolute Gasteiger partial charge is 0.493 e. The number of hydrazone groups is 1. The smallest absolute Gasteiger partial charge is 0.307 e. The van der Waals surface area contributed by atoms with Gasteiger partial charge >= 0.3 is 5.91 Å². The molecule has 0 aliphatic heterocycles. The maximum atomic E-state index is 14.1. The van der Waals surface area contributed by atoms with E-state index in [4.69, 9.17) is 30.2 Å². The molecule has 1 amide bonds. The second kappa shape index (κ2) is 13.3. The summed E-state index contributed by atoms with van der Waals surface area (Å²) >= 11 is 6.23. The summed E-state index contributed by atoms with van der Waals surface area (Å²) in [6, 6.07) is 24.5. The molecule has 3 aromatic carbocycles. The molecule has 2 heterocycles. The highest BCUT2D eigenvalue weighted by atomic mass is 35.5. The zero-order chi connectivity index (χ0) is 30.3. The molecule has 0 aliphatic carbocycles. The van der Waals surface area contributed by atoms with Crippen molar-refractivity contribution in [2.45, 2.75) is 27.1 Å². The van der Waals surface area contributed by atoms with Crippen LogP contribution in [0.2, 0.25) is 5.02 Å². The van der Waals surface area contributed by atoms with E-state index in [0.717, 1.165) is 17.1 Å². The van der Waals surface area contributed by atoms with Crippen LogP contribution in [0.3, 0.4) is 0 Å². The Morgan fingerprint density at radius 2 is 1.72 bits per heavy atom. The molecule has 0 unspecified atom stereocenters. The first-order valence-corrected chi connectivity index (χ1v) is 13.7. The first-order chi connectivity index (χ1) is 20.8. The molecule has 43 heavy (non-hydrogen) atoms. The third-order valence-corrected chi connectivity index (χ3v) is 6.82. The van der Waals surface area contributed by atoms with Crippen molar-refractivity contribution in [1.29, 1.82) is 0 Å². The average Bonchev–Trinajstić information content (AvgIpc) is 3.62. The van der Waals surface area contributed by atoms with Crippen molar-refractivity contribution < 1.29 is 27.8 Å². The van der Waals surface area contributed by atoms with Crippen molar-refractivity contribution in [1.82, 2.24) is 9.99 Å². The third kappa shape index (κ3) is 7.07. The van der Waals surface area contributed by atoms with Crippen molar-refractivity contribution in [3.05, 3.63) is 130 Å². The number of hydrogen-bond donors (Lipinski definition) is 1. The fourth-order valence-corrected chi connectivity index (χ4v) is 4.69. The van der Waals surface area contributed by atoms with Gasteiger partial charge in [0.25, 0.3) is 0 Å². The van der Waals surface area contributed by atoms with E-state index in [1.807, 2.05) is 24.3 Å². The van der Waals surface area contributed by atoms with Crippen molar-refractivity contribution >= 4 is 23.7 Å². The van der Waals surface area contributed by atoms with Crippen molar-refractivity contribution in [2.75, 3.05) is 7.11 Å². The van der Waals surface area contributed by atoms with Crippen LogP contribution in [0.5, 0.6) is 17.2 Å². The van der Waals surface area contributed by atoms with Crippen LogP contribution in [0.4, 0.5) is 4.39 Å². The third-order valence-electron chi connectivity index (χ3n) is 6.60. The molecule has 8 nitrogen and oxygen atoms in total. The number of ether oxygens (including phenoxy) is 3. The van der Waals surface area contributed by atoms with Gasteiger partial charge in [-0.2, -0.15) is 5.10 Å². The Morgan fingerprint density at radius 3 is 2.44 bits per heavy atom. The Balaban J connectivity index is 1.20. The van der Waals surface area contributed by atoms with E-state index >= 15 is 0 Å². The Bertz CT molecular complexity index is 1740. The van der Waals surface area contributed by atoms with Gasteiger partial charge in [-0.25, -0.2) is 9.82 Å². The van der Waals surface area contributed by atoms with Crippen LogP contribution in [0, 0.1) is 19.7 Å². The van der Waals surface area contributed by atoms with Gasteiger partial charge in [0.15, 0.2) is 17.3 Å². The minimum Gasteiger partial charge on any atom is -0.493 e. The number of halogens is 2. The number of rotatable bonds is 11. The summed E-state index contributed by atoms with van der Waals surface area (Å²) in [5.41, 5.74) is 6.56. The minimum atomic E-state index is -0.563. The summed E-state index contributed by atoms with van der Waals surface area (Å²) in [6.07, 6.45) is 1.36. The fourth-order valence-electron chi connectivity index (χ4n) is 4.47. The highest BCUT2D eigenvalue weighted by Gasteiger charge is 2.15. The summed E-state index contributed by atoms with van der Waals surface area (Å²) in [4.78, 5) is 12.7. The van der Waals surface area contributed by atoms with Crippen molar-refractivity contribution in [3.8, 4) is 22.9 Å². The maximum absolute atomic E-state index is 14.1. The van der Waals surface area contributed by atoms with E-state index in [1.165, 1.54) is 25.5 Å². The minimum absolute atomic E-state index is 0.0499. The zero-order valence-corrected chi connectivity index (χ0v) is 24.5. The normalized spacial score (nSPS) is 11.1. The Kier molecular flexibility index (Phi) is 9.12. The molecule has 5 rings (SSSR count). The predicted octanol–water partition coefficient (Wildman–Crippen LogP) is 7.41. The average molecular weight is 602 g/mol. The van der Waals surface area contributed by atoms with E-state index in [9.17, 15) is 9.18 Å². The molecule has 220 valence electrons. The van der Waals surface area contributed by atoms with E-state index in [1.54, 1.807) is 36.4 Å². The number of aromatic nitrogens is 1. The molecule has 10 heteroatoms. The van der Waals surface area contributed by atoms with Crippen LogP contribution in [0.15, 0.2) is 94.4 Å². The van der Waals surface area contributed by atoms with Crippen LogP contribution < -0.4 is 19.6 Å². The highest BCUT2D eigenvalue weighted by molar-refractivity contribution is 6.31. The lowest BCUT2D eigenvalue weighted by atomic mass is 10.2. The van der Waals surface area contributed by atoms with Crippen LogP contribution in [0.1, 0.15) is 38.8 Å². The molecule has 0 fully saturated rings. The van der Waals surface area contributed by atoms with Gasteiger partial charge in [0.2, 0.25) is 0 Å². The lowest BCUT2D eigenvalue weighted by molar-refractivity contribution is 0.0923. The summed E-state index contributed by atoms with van der Waals surface area (Å²) < 4.78 is 39.0. The molecule has 0 bridgehead atoms. The molecule has 2 aromatic heterocycles. The van der Waals surface area contributed by atoms with Crippen molar-refractivity contribution in [2.24, 2.45) is 5.10 Å². The van der Waals surface area contributed by atoms with Gasteiger partial charge in [-0.3, -0.25) is 4.79 Å². The number of carbonyl (C=O) groups excluding carboxylic acids is 1. The second-order valence-corrected chi connectivity index (χ2v) is 10.0. The summed E-state index contributed by atoms with van der Waals surface area (Å²) in [5.74, 6) is 0.865. The van der Waals surface area contributed by atoms with E-state index in [-0.39, 0.29) is 24.7 Å². The molecular weight excluding hydrogens is 573 g/mol. The highest BCUT2D eigenvalue weighted by Crippen LogP contribution is 2.34. The number of carbonyl (C=O) groups is 1. The number of furan rings is 1. The molecule has 0 saturated heterocycles. The predicted molar refractivity (Wildman–Crippen MR) is 162 cm³/mol. The van der Waals surface area contributed by atoms with E-state index < -0.39 is 11.7 Å². The molecule has 0 saturated carbocycles. The molecule has 0 spiro atoms. The lowest BCUT2D eigenvalue weighted by Crippen LogP contribution is -2.17. The number of hydrogen-bond acceptors (Lipinski definition) is 6. The van der Waals surface area contributed by atoms with Gasteiger partial charge in [-0.1, -0.05) is 29.8 Å². The van der Waals surface area contributed by atoms with Crippen LogP contribution in [-0.4, -0.2) is 23.8 Å². The van der Waals surface area contributed by atoms with Crippen LogP contribution in [0.25, 0.3) is 5.69 Å². The van der Waals surface area contributed by atoms with E-state index in [2.05, 4.69) is 41.1 Å². The Hall–Kier alpha value is -5.02. The molecule has 5 aromatic rings. The van der Waals surface area contributed by atoms with E-state index in [0.29, 0.717) is 33.4 Å². The van der Waals surface area contributed by atoms with Crippen LogP contribution in [-0.2, 0) is 13.2 Å². The van der Waals surface area contributed by atoms with Crippen molar-refractivity contribution in [3.63, 3.8) is 0 Å². The summed E-state index contributed by atoms with van der Waals surface area (Å²) in [7, 11) is 1.46. The van der Waals surface area contributed by atoms with Gasteiger partial charge in [-0.05, 0) is 74.5 Å². The van der Waals surface area contributed by atoms with Gasteiger partial charge in [0.1, 0.15) is 30.5 Å². The zero-order valence-electron chi connectivity index (χ0n) is 23.8. The maximum Gasteiger partial charge on any atom is 0.307 e. The molecule has 0 radical (unpaired) electrons. The molecule has 0 atom stereocenters. The van der Waals surface area contributed by atoms with Gasteiger partial charge in [-0.15, -0.1) is 0 Å². The summed E-state index contributed by atoms with van der Waals surface area (Å²) in [6.45, 7) is 4.21. The summed E-state index contributed by atoms with van der Waals surface area (Å²) in [5, 5.41) is 4.39. The molecular formula is C33H29ClFN3O5. The number of amides is 1. The molecule has 1 N–H and O–H groups in total. The molecule has 0 aliphatic rings. The number of methoxy groups -OCH3 is 1. The number of nitrogens with zero attached hydrogens (tertiary/aromatic N) is 2. The van der Waals surface area contributed by atoms with Gasteiger partial charge < -0.3 is 23.2 Å². The van der Waals surface area contributed by atoms with Gasteiger partial charge in [0.05, 0.1) is 13.3 Å². The quantitative estimate of drug-likeness (QED) is 0.126. The van der Waals surface area contributed by atoms with Crippen LogP contribution >= 0.6 is 11.6 Å². The standard InChI is InChI=1S/C33H29ClFN3O5/c1-21-8-9-22(2)38(21)26-10-12-27(13-11-26)41-20-28-14-15-30(43-28)33(39)37-36-18-24-16-25(34)17-31(40-3)32(24)42-19-23-6-4-5-7-29(23)35/h4-18H,19-20H2,1-3H3,(H,37,39). The fraction of sp³-hybridized carbons (Fsp3) is 0.152. The number of nitrogens with one attached hydrogen (secondary N) is 1. The van der Waals surface area contributed by atoms with Gasteiger partial charge in [0, 0.05) is 39.3 Å². The lowest BCUT2D eigenvalue weighted by Gasteiger charge is -2.14. The Labute approximate surface area is 253 Å². The number of aryl methyl sites for hydroxylation is 2.